The summed E-state index contributed by atoms with van der Waals surface area (Å²) in [5, 5.41) is 3.10. The second kappa shape index (κ2) is 7.33. The van der Waals surface area contributed by atoms with Crippen molar-refractivity contribution in [1.29, 1.82) is 0 Å². The van der Waals surface area contributed by atoms with Gasteiger partial charge in [-0.3, -0.25) is 4.98 Å². The Morgan fingerprint density at radius 2 is 1.90 bits per heavy atom. The molecule has 1 aromatic carbocycles. The van der Waals surface area contributed by atoms with Gasteiger partial charge in [-0.05, 0) is 25.5 Å². The number of ether oxygens (including phenoxy) is 2. The highest BCUT2D eigenvalue weighted by molar-refractivity contribution is 5.42. The minimum Gasteiger partial charge on any atom is -0.490 e. The van der Waals surface area contributed by atoms with Crippen LogP contribution < -0.4 is 14.8 Å². The summed E-state index contributed by atoms with van der Waals surface area (Å²) in [6, 6.07) is 7.55. The van der Waals surface area contributed by atoms with Crippen molar-refractivity contribution in [2.45, 2.75) is 20.3 Å². The zero-order valence-electron chi connectivity index (χ0n) is 11.8. The minimum absolute atomic E-state index is 0.441. The normalized spacial score (nSPS) is 10.1. The standard InChI is InChI=1S/C15H19N3O2/c1-3-9-19-12-7-5-6-8-13(12)20-15-11-16-10-14(18-15)17-4-2/h5-8,10-11H,3-4,9H2,1-2H3,(H,17,18). The second-order valence-electron chi connectivity index (χ2n) is 4.17. The molecule has 2 rings (SSSR count). The van der Waals surface area contributed by atoms with Crippen molar-refractivity contribution in [3.8, 4) is 17.4 Å². The molecule has 2 aromatic rings. The van der Waals surface area contributed by atoms with Gasteiger partial charge in [0.1, 0.15) is 5.82 Å². The number of nitrogens with one attached hydrogen (secondary N) is 1. The van der Waals surface area contributed by atoms with E-state index in [1.807, 2.05) is 31.2 Å². The van der Waals surface area contributed by atoms with Crippen LogP contribution in [0.25, 0.3) is 0 Å². The molecule has 1 heterocycles. The van der Waals surface area contributed by atoms with Crippen molar-refractivity contribution in [3.05, 3.63) is 36.7 Å². The van der Waals surface area contributed by atoms with E-state index < -0.39 is 0 Å². The molecule has 0 atom stereocenters. The first-order chi connectivity index (χ1) is 9.83. The van der Waals surface area contributed by atoms with Gasteiger partial charge in [-0.1, -0.05) is 19.1 Å². The van der Waals surface area contributed by atoms with E-state index in [1.165, 1.54) is 0 Å². The average Bonchev–Trinajstić information content (AvgIpc) is 2.47. The smallest absolute Gasteiger partial charge is 0.240 e. The Morgan fingerprint density at radius 1 is 1.10 bits per heavy atom. The Morgan fingerprint density at radius 3 is 2.65 bits per heavy atom. The first-order valence-corrected chi connectivity index (χ1v) is 6.79. The van der Waals surface area contributed by atoms with E-state index in [2.05, 4.69) is 22.2 Å². The summed E-state index contributed by atoms with van der Waals surface area (Å²) in [7, 11) is 0. The third-order valence-electron chi connectivity index (χ3n) is 2.50. The Labute approximate surface area is 119 Å². The molecule has 0 amide bonds. The van der Waals surface area contributed by atoms with Crippen molar-refractivity contribution in [2.75, 3.05) is 18.5 Å². The maximum Gasteiger partial charge on any atom is 0.240 e. The van der Waals surface area contributed by atoms with Crippen molar-refractivity contribution in [3.63, 3.8) is 0 Å². The molecule has 1 N–H and O–H groups in total. The Kier molecular flexibility index (Phi) is 5.17. The molecule has 5 nitrogen and oxygen atoms in total. The highest BCUT2D eigenvalue weighted by Gasteiger charge is 2.07. The molecule has 0 aliphatic heterocycles. The summed E-state index contributed by atoms with van der Waals surface area (Å²) in [6.07, 6.45) is 4.19. The lowest BCUT2D eigenvalue weighted by Gasteiger charge is -2.11. The van der Waals surface area contributed by atoms with E-state index in [0.29, 0.717) is 29.8 Å². The Bertz CT molecular complexity index is 546. The lowest BCUT2D eigenvalue weighted by atomic mass is 10.3. The number of aromatic nitrogens is 2. The Balaban J connectivity index is 2.14. The van der Waals surface area contributed by atoms with E-state index in [1.54, 1.807) is 12.4 Å². The average molecular weight is 273 g/mol. The molecule has 1 aromatic heterocycles. The van der Waals surface area contributed by atoms with Gasteiger partial charge in [-0.15, -0.1) is 0 Å². The summed E-state index contributed by atoms with van der Waals surface area (Å²) in [6.45, 7) is 5.51. The highest BCUT2D eigenvalue weighted by atomic mass is 16.5. The van der Waals surface area contributed by atoms with Crippen LogP contribution in [0, 0.1) is 0 Å². The first-order valence-electron chi connectivity index (χ1n) is 6.79. The third-order valence-corrected chi connectivity index (χ3v) is 2.50. The monoisotopic (exact) mass is 273 g/mol. The fourth-order valence-electron chi connectivity index (χ4n) is 1.64. The number of nitrogens with zero attached hydrogens (tertiary/aromatic N) is 2. The maximum atomic E-state index is 5.75. The highest BCUT2D eigenvalue weighted by Crippen LogP contribution is 2.30. The summed E-state index contributed by atoms with van der Waals surface area (Å²) >= 11 is 0. The van der Waals surface area contributed by atoms with E-state index in [9.17, 15) is 0 Å². The number of rotatable bonds is 7. The molecular weight excluding hydrogens is 254 g/mol. The number of hydrogen-bond acceptors (Lipinski definition) is 5. The maximum absolute atomic E-state index is 5.75. The number of anilines is 1. The quantitative estimate of drug-likeness (QED) is 0.836. The van der Waals surface area contributed by atoms with Gasteiger partial charge in [-0.2, -0.15) is 4.98 Å². The zero-order valence-corrected chi connectivity index (χ0v) is 11.8. The topological polar surface area (TPSA) is 56.3 Å². The van der Waals surface area contributed by atoms with E-state index in [0.717, 1.165) is 13.0 Å². The molecule has 0 fully saturated rings. The molecular formula is C15H19N3O2. The molecule has 0 aliphatic carbocycles. The third kappa shape index (κ3) is 3.85. The molecule has 20 heavy (non-hydrogen) atoms. The molecule has 5 heteroatoms. The van der Waals surface area contributed by atoms with Crippen LogP contribution >= 0.6 is 0 Å². The number of benzene rings is 1. The summed E-state index contributed by atoms with van der Waals surface area (Å²) in [5.74, 6) is 2.49. The first kappa shape index (κ1) is 14.1. The van der Waals surface area contributed by atoms with Gasteiger partial charge in [0, 0.05) is 6.54 Å². The van der Waals surface area contributed by atoms with Crippen LogP contribution in [0.5, 0.6) is 17.4 Å². The van der Waals surface area contributed by atoms with Crippen LogP contribution in [-0.2, 0) is 0 Å². The van der Waals surface area contributed by atoms with Crippen LogP contribution in [0.1, 0.15) is 20.3 Å². The van der Waals surface area contributed by atoms with Gasteiger partial charge in [0.15, 0.2) is 11.5 Å². The number of para-hydroxylation sites is 2. The van der Waals surface area contributed by atoms with Crippen LogP contribution in [0.2, 0.25) is 0 Å². The van der Waals surface area contributed by atoms with Crippen molar-refractivity contribution < 1.29 is 9.47 Å². The fraction of sp³-hybridized carbons (Fsp3) is 0.333. The van der Waals surface area contributed by atoms with E-state index in [-0.39, 0.29) is 0 Å². The van der Waals surface area contributed by atoms with Crippen LogP contribution in [0.15, 0.2) is 36.7 Å². The number of hydrogen-bond donors (Lipinski definition) is 1. The molecule has 0 saturated carbocycles. The fourth-order valence-corrected chi connectivity index (χ4v) is 1.64. The molecule has 0 bridgehead atoms. The van der Waals surface area contributed by atoms with E-state index in [4.69, 9.17) is 9.47 Å². The van der Waals surface area contributed by atoms with Gasteiger partial charge in [0.2, 0.25) is 5.88 Å². The van der Waals surface area contributed by atoms with Crippen molar-refractivity contribution >= 4 is 5.82 Å². The van der Waals surface area contributed by atoms with E-state index >= 15 is 0 Å². The molecule has 0 spiro atoms. The zero-order chi connectivity index (χ0) is 14.2. The molecule has 106 valence electrons. The van der Waals surface area contributed by atoms with Crippen molar-refractivity contribution in [1.82, 2.24) is 9.97 Å². The van der Waals surface area contributed by atoms with Crippen LogP contribution in [-0.4, -0.2) is 23.1 Å². The molecule has 0 radical (unpaired) electrons. The SMILES string of the molecule is CCCOc1ccccc1Oc1cncc(NCC)n1. The summed E-state index contributed by atoms with van der Waals surface area (Å²) in [5.41, 5.74) is 0. The molecule has 0 saturated heterocycles. The second-order valence-corrected chi connectivity index (χ2v) is 4.17. The summed E-state index contributed by atoms with van der Waals surface area (Å²) < 4.78 is 11.4. The predicted octanol–water partition coefficient (Wildman–Crippen LogP) is 3.49. The lowest BCUT2D eigenvalue weighted by Crippen LogP contribution is -2.01. The van der Waals surface area contributed by atoms with Gasteiger partial charge < -0.3 is 14.8 Å². The van der Waals surface area contributed by atoms with Gasteiger partial charge in [0.05, 0.1) is 19.0 Å². The Hall–Kier alpha value is -2.30. The van der Waals surface area contributed by atoms with Gasteiger partial charge in [-0.25, -0.2) is 0 Å². The predicted molar refractivity (Wildman–Crippen MR) is 78.5 cm³/mol. The summed E-state index contributed by atoms with van der Waals surface area (Å²) in [4.78, 5) is 8.43. The van der Waals surface area contributed by atoms with Crippen LogP contribution in [0.4, 0.5) is 5.82 Å². The van der Waals surface area contributed by atoms with Crippen LogP contribution in [0.3, 0.4) is 0 Å². The van der Waals surface area contributed by atoms with Crippen molar-refractivity contribution in [2.24, 2.45) is 0 Å². The molecule has 0 unspecified atom stereocenters. The molecule has 0 aliphatic rings. The minimum atomic E-state index is 0.441. The largest absolute Gasteiger partial charge is 0.490 e. The van der Waals surface area contributed by atoms with Gasteiger partial charge >= 0.3 is 0 Å². The van der Waals surface area contributed by atoms with Gasteiger partial charge in [0.25, 0.3) is 0 Å². The lowest BCUT2D eigenvalue weighted by molar-refractivity contribution is 0.300.